The molecule has 0 aromatic carbocycles. The van der Waals surface area contributed by atoms with Crippen molar-refractivity contribution in [2.75, 3.05) is 31.6 Å². The minimum Gasteiger partial charge on any atom is -0.368 e. The number of hydrogen-bond donors (Lipinski definition) is 1. The number of aryl methyl sites for hydroxylation is 1. The Hall–Kier alpha value is -1.13. The molecule has 1 aromatic heterocycles. The van der Waals surface area contributed by atoms with Gasteiger partial charge in [-0.2, -0.15) is 0 Å². The van der Waals surface area contributed by atoms with Gasteiger partial charge in [0.05, 0.1) is 0 Å². The second kappa shape index (κ2) is 6.55. The molecule has 4 nitrogen and oxygen atoms in total. The minimum absolute atomic E-state index is 0.583. The molecule has 4 heteroatoms. The summed E-state index contributed by atoms with van der Waals surface area (Å²) in [6, 6.07) is 3.40. The van der Waals surface area contributed by atoms with E-state index in [0.29, 0.717) is 12.1 Å². The maximum Gasteiger partial charge on any atom is 0.0446 e. The van der Waals surface area contributed by atoms with Crippen LogP contribution in [0, 0.1) is 6.92 Å². The molecule has 1 saturated heterocycles. The van der Waals surface area contributed by atoms with Crippen LogP contribution in [0.4, 0.5) is 5.69 Å². The van der Waals surface area contributed by atoms with Crippen LogP contribution in [0.25, 0.3) is 0 Å². The van der Waals surface area contributed by atoms with Gasteiger partial charge in [-0.05, 0) is 40.4 Å². The van der Waals surface area contributed by atoms with Crippen molar-refractivity contribution in [2.24, 2.45) is 0 Å². The maximum absolute atomic E-state index is 4.46. The van der Waals surface area contributed by atoms with Gasteiger partial charge >= 0.3 is 0 Å². The van der Waals surface area contributed by atoms with E-state index in [1.165, 1.54) is 11.3 Å². The normalized spacial score (nSPS) is 24.1. The summed E-state index contributed by atoms with van der Waals surface area (Å²) in [6.07, 6.45) is 2.03. The van der Waals surface area contributed by atoms with E-state index < -0.39 is 0 Å². The Kier molecular flexibility index (Phi) is 5.00. The number of nitrogens with zero attached hydrogens (tertiary/aromatic N) is 3. The highest BCUT2D eigenvalue weighted by atomic mass is 15.3. The molecule has 0 aliphatic carbocycles. The van der Waals surface area contributed by atoms with Gasteiger partial charge in [0.25, 0.3) is 0 Å². The van der Waals surface area contributed by atoms with E-state index in [-0.39, 0.29) is 0 Å². The summed E-state index contributed by atoms with van der Waals surface area (Å²) in [6.45, 7) is 12.9. The lowest BCUT2D eigenvalue weighted by Crippen LogP contribution is -2.55. The van der Waals surface area contributed by atoms with E-state index in [1.807, 2.05) is 6.20 Å². The average Bonchev–Trinajstić information content (AvgIpc) is 2.43. The summed E-state index contributed by atoms with van der Waals surface area (Å²) in [5.41, 5.74) is 3.76. The van der Waals surface area contributed by atoms with Crippen LogP contribution in [0.1, 0.15) is 32.0 Å². The van der Waals surface area contributed by atoms with Gasteiger partial charge in [0, 0.05) is 54.9 Å². The van der Waals surface area contributed by atoms with Crippen LogP contribution in [-0.2, 0) is 6.54 Å². The van der Waals surface area contributed by atoms with Gasteiger partial charge in [-0.15, -0.1) is 0 Å². The number of rotatable bonds is 4. The monoisotopic (exact) mass is 276 g/mol. The Morgan fingerprint density at radius 2 is 1.95 bits per heavy atom. The third-order valence-corrected chi connectivity index (χ3v) is 4.36. The maximum atomic E-state index is 4.46. The fraction of sp³-hybridized carbons (Fsp3) is 0.688. The van der Waals surface area contributed by atoms with Gasteiger partial charge in [0.1, 0.15) is 0 Å². The van der Waals surface area contributed by atoms with E-state index >= 15 is 0 Å². The summed E-state index contributed by atoms with van der Waals surface area (Å²) in [5, 5.41) is 3.42. The van der Waals surface area contributed by atoms with Crippen molar-refractivity contribution in [1.29, 1.82) is 0 Å². The number of anilines is 1. The molecule has 0 radical (unpaired) electrons. The van der Waals surface area contributed by atoms with Gasteiger partial charge in [-0.1, -0.05) is 6.92 Å². The second-order valence-electron chi connectivity index (χ2n) is 6.00. The van der Waals surface area contributed by atoms with Crippen LogP contribution in [0.3, 0.4) is 0 Å². The molecular formula is C16H28N4. The van der Waals surface area contributed by atoms with Gasteiger partial charge in [0.2, 0.25) is 0 Å². The lowest BCUT2D eigenvalue weighted by atomic mass is 10.1. The highest BCUT2D eigenvalue weighted by Crippen LogP contribution is 2.25. The third kappa shape index (κ3) is 3.30. The summed E-state index contributed by atoms with van der Waals surface area (Å²) in [5.74, 6) is 0. The average molecular weight is 276 g/mol. The predicted molar refractivity (Wildman–Crippen MR) is 85.3 cm³/mol. The molecule has 112 valence electrons. The zero-order chi connectivity index (χ0) is 14.7. The van der Waals surface area contributed by atoms with Crippen molar-refractivity contribution in [3.63, 3.8) is 0 Å². The number of pyridine rings is 1. The van der Waals surface area contributed by atoms with Crippen molar-refractivity contribution in [2.45, 2.75) is 46.3 Å². The van der Waals surface area contributed by atoms with E-state index in [1.54, 1.807) is 0 Å². The SMILES string of the molecule is CCNCc1cnc(C)cc1N1CC(C)N(C)C(C)C1. The molecule has 0 bridgehead atoms. The zero-order valence-corrected chi connectivity index (χ0v) is 13.5. The molecule has 1 aliphatic rings. The first kappa shape index (κ1) is 15.3. The van der Waals surface area contributed by atoms with Crippen LogP contribution in [-0.4, -0.2) is 48.6 Å². The number of nitrogens with one attached hydrogen (secondary N) is 1. The van der Waals surface area contributed by atoms with Crippen LogP contribution in [0.2, 0.25) is 0 Å². The largest absolute Gasteiger partial charge is 0.368 e. The topological polar surface area (TPSA) is 31.4 Å². The van der Waals surface area contributed by atoms with Crippen LogP contribution in [0.5, 0.6) is 0 Å². The Balaban J connectivity index is 2.24. The second-order valence-corrected chi connectivity index (χ2v) is 6.00. The number of likely N-dealkylation sites (N-methyl/N-ethyl adjacent to an activating group) is 1. The number of aromatic nitrogens is 1. The molecule has 2 heterocycles. The van der Waals surface area contributed by atoms with Crippen molar-refractivity contribution in [3.8, 4) is 0 Å². The molecule has 1 N–H and O–H groups in total. The van der Waals surface area contributed by atoms with Gasteiger partial charge in [-0.3, -0.25) is 9.88 Å². The lowest BCUT2D eigenvalue weighted by Gasteiger charge is -2.44. The molecule has 1 aromatic rings. The fourth-order valence-corrected chi connectivity index (χ4v) is 2.87. The minimum atomic E-state index is 0.583. The first-order valence-corrected chi connectivity index (χ1v) is 7.66. The van der Waals surface area contributed by atoms with Crippen LogP contribution >= 0.6 is 0 Å². The summed E-state index contributed by atoms with van der Waals surface area (Å²) in [7, 11) is 2.23. The van der Waals surface area contributed by atoms with Crippen molar-refractivity contribution in [3.05, 3.63) is 23.5 Å². The Morgan fingerprint density at radius 3 is 2.55 bits per heavy atom. The lowest BCUT2D eigenvalue weighted by molar-refractivity contribution is 0.170. The Bertz CT molecular complexity index is 434. The van der Waals surface area contributed by atoms with E-state index in [0.717, 1.165) is 31.9 Å². The van der Waals surface area contributed by atoms with E-state index in [2.05, 4.69) is 60.9 Å². The smallest absolute Gasteiger partial charge is 0.0446 e. The van der Waals surface area contributed by atoms with Crippen molar-refractivity contribution in [1.82, 2.24) is 15.2 Å². The molecule has 0 amide bonds. The van der Waals surface area contributed by atoms with Crippen molar-refractivity contribution >= 4 is 5.69 Å². The van der Waals surface area contributed by atoms with Crippen LogP contribution in [0.15, 0.2) is 12.3 Å². The van der Waals surface area contributed by atoms with Crippen LogP contribution < -0.4 is 10.2 Å². The molecule has 20 heavy (non-hydrogen) atoms. The molecule has 2 atom stereocenters. The molecule has 2 unspecified atom stereocenters. The summed E-state index contributed by atoms with van der Waals surface area (Å²) < 4.78 is 0. The predicted octanol–water partition coefficient (Wildman–Crippen LogP) is 2.03. The quantitative estimate of drug-likeness (QED) is 0.912. The Labute approximate surface area is 123 Å². The fourth-order valence-electron chi connectivity index (χ4n) is 2.87. The molecule has 1 fully saturated rings. The Morgan fingerprint density at radius 1 is 1.30 bits per heavy atom. The summed E-state index contributed by atoms with van der Waals surface area (Å²) in [4.78, 5) is 9.45. The van der Waals surface area contributed by atoms with Gasteiger partial charge in [0.15, 0.2) is 0 Å². The molecule has 0 saturated carbocycles. The summed E-state index contributed by atoms with van der Waals surface area (Å²) >= 11 is 0. The van der Waals surface area contributed by atoms with Gasteiger partial charge < -0.3 is 10.2 Å². The first-order chi connectivity index (χ1) is 9.52. The van der Waals surface area contributed by atoms with Crippen molar-refractivity contribution < 1.29 is 0 Å². The third-order valence-electron chi connectivity index (χ3n) is 4.36. The number of hydrogen-bond acceptors (Lipinski definition) is 4. The highest BCUT2D eigenvalue weighted by Gasteiger charge is 2.27. The molecule has 1 aliphatic heterocycles. The molecular weight excluding hydrogens is 248 g/mol. The van der Waals surface area contributed by atoms with E-state index in [9.17, 15) is 0 Å². The highest BCUT2D eigenvalue weighted by molar-refractivity contribution is 5.54. The van der Waals surface area contributed by atoms with E-state index in [4.69, 9.17) is 0 Å². The number of piperazine rings is 1. The zero-order valence-electron chi connectivity index (χ0n) is 13.5. The first-order valence-electron chi connectivity index (χ1n) is 7.66. The van der Waals surface area contributed by atoms with Gasteiger partial charge in [-0.25, -0.2) is 0 Å². The molecule has 2 rings (SSSR count). The standard InChI is InChI=1S/C16H28N4/c1-6-17-8-15-9-18-12(2)7-16(15)20-10-13(3)19(5)14(4)11-20/h7,9,13-14,17H,6,8,10-11H2,1-5H3. The molecule has 0 spiro atoms.